The molecule has 0 aliphatic rings. The topological polar surface area (TPSA) is 59.1 Å². The molecule has 1 aromatic rings. The largest absolute Gasteiger partial charge is 0.251 e. The molecule has 0 fully saturated rings. The smallest absolute Gasteiger partial charge is 0.249 e. The van der Waals surface area contributed by atoms with Crippen LogP contribution in [0.1, 0.15) is 25.3 Å². The molecule has 0 amide bonds. The number of nitrogens with zero attached hydrogens (tertiary/aromatic N) is 1. The van der Waals surface area contributed by atoms with Gasteiger partial charge >= 0.3 is 0 Å². The predicted octanol–water partition coefficient (Wildman–Crippen LogP) is 2.38. The quantitative estimate of drug-likeness (QED) is 0.820. The van der Waals surface area contributed by atoms with Crippen molar-refractivity contribution in [2.45, 2.75) is 37.4 Å². The van der Waals surface area contributed by atoms with Crippen LogP contribution in [0, 0.1) is 12.8 Å². The third-order valence-electron chi connectivity index (χ3n) is 2.13. The first-order valence-electron chi connectivity index (χ1n) is 5.36. The molecule has 0 aliphatic carbocycles. The summed E-state index contributed by atoms with van der Waals surface area (Å²) in [4.78, 5) is 3.94. The van der Waals surface area contributed by atoms with Crippen molar-refractivity contribution in [3.05, 3.63) is 11.2 Å². The zero-order valence-corrected chi connectivity index (χ0v) is 12.5. The highest BCUT2D eigenvalue weighted by Gasteiger charge is 2.22. The molecule has 7 heteroatoms. The third-order valence-corrected chi connectivity index (χ3v) is 5.40. The zero-order valence-electron chi connectivity index (χ0n) is 10.1. The SMILES string of the molecule is Cc1ncc(S(=O)(=O)NC(CCl)CC(C)C)s1. The van der Waals surface area contributed by atoms with Gasteiger partial charge in [-0.05, 0) is 19.3 Å². The summed E-state index contributed by atoms with van der Waals surface area (Å²) in [7, 11) is -3.47. The van der Waals surface area contributed by atoms with Crippen molar-refractivity contribution in [3.63, 3.8) is 0 Å². The van der Waals surface area contributed by atoms with Crippen LogP contribution in [-0.4, -0.2) is 25.3 Å². The summed E-state index contributed by atoms with van der Waals surface area (Å²) in [5, 5.41) is 0.733. The van der Waals surface area contributed by atoms with Crippen molar-refractivity contribution < 1.29 is 8.42 Å². The molecule has 0 spiro atoms. The first-order valence-corrected chi connectivity index (χ1v) is 8.19. The van der Waals surface area contributed by atoms with E-state index in [4.69, 9.17) is 11.6 Å². The summed E-state index contributed by atoms with van der Waals surface area (Å²) >= 11 is 6.93. The van der Waals surface area contributed by atoms with Gasteiger partial charge in [-0.1, -0.05) is 13.8 Å². The lowest BCUT2D eigenvalue weighted by atomic mass is 10.1. The minimum Gasteiger partial charge on any atom is -0.249 e. The fourth-order valence-electron chi connectivity index (χ4n) is 1.46. The van der Waals surface area contributed by atoms with E-state index in [-0.39, 0.29) is 16.1 Å². The van der Waals surface area contributed by atoms with E-state index in [9.17, 15) is 8.42 Å². The van der Waals surface area contributed by atoms with Gasteiger partial charge in [0, 0.05) is 11.9 Å². The normalized spacial score (nSPS) is 14.2. The van der Waals surface area contributed by atoms with Crippen molar-refractivity contribution in [2.75, 3.05) is 5.88 Å². The molecule has 0 bridgehead atoms. The number of hydrogen-bond donors (Lipinski definition) is 1. The Morgan fingerprint density at radius 1 is 1.53 bits per heavy atom. The summed E-state index contributed by atoms with van der Waals surface area (Å²) < 4.78 is 26.9. The highest BCUT2D eigenvalue weighted by Crippen LogP contribution is 2.19. The maximum absolute atomic E-state index is 12.0. The van der Waals surface area contributed by atoms with Crippen LogP contribution in [0.4, 0.5) is 0 Å². The minimum atomic E-state index is -3.47. The van der Waals surface area contributed by atoms with Gasteiger partial charge in [0.15, 0.2) is 4.21 Å². The standard InChI is InChI=1S/C10H17ClN2O2S2/c1-7(2)4-9(5-11)13-17(14,15)10-6-12-8(3)16-10/h6-7,9,13H,4-5H2,1-3H3. The molecular weight excluding hydrogens is 280 g/mol. The molecule has 0 radical (unpaired) electrons. The van der Waals surface area contributed by atoms with Crippen LogP contribution in [-0.2, 0) is 10.0 Å². The van der Waals surface area contributed by atoms with E-state index in [0.29, 0.717) is 5.92 Å². The Labute approximate surface area is 111 Å². The van der Waals surface area contributed by atoms with Gasteiger partial charge in [0.2, 0.25) is 0 Å². The lowest BCUT2D eigenvalue weighted by Gasteiger charge is -2.17. The summed E-state index contributed by atoms with van der Waals surface area (Å²) in [6.45, 7) is 5.84. The number of alkyl halides is 1. The molecule has 1 N–H and O–H groups in total. The van der Waals surface area contributed by atoms with Crippen LogP contribution in [0.5, 0.6) is 0 Å². The Kier molecular flexibility index (Phi) is 5.37. The van der Waals surface area contributed by atoms with Gasteiger partial charge in [0.05, 0.1) is 11.2 Å². The van der Waals surface area contributed by atoms with E-state index >= 15 is 0 Å². The molecule has 0 saturated carbocycles. The van der Waals surface area contributed by atoms with Crippen molar-refractivity contribution in [1.82, 2.24) is 9.71 Å². The Morgan fingerprint density at radius 3 is 2.59 bits per heavy atom. The predicted molar refractivity (Wildman–Crippen MR) is 71.1 cm³/mol. The van der Waals surface area contributed by atoms with E-state index in [1.807, 2.05) is 13.8 Å². The number of rotatable bonds is 6. The number of aryl methyl sites for hydroxylation is 1. The number of aromatic nitrogens is 1. The maximum atomic E-state index is 12.0. The summed E-state index contributed by atoms with van der Waals surface area (Å²) in [6.07, 6.45) is 2.10. The second-order valence-electron chi connectivity index (χ2n) is 4.30. The maximum Gasteiger partial charge on any atom is 0.251 e. The Hall–Kier alpha value is -0.170. The highest BCUT2D eigenvalue weighted by atomic mass is 35.5. The lowest BCUT2D eigenvalue weighted by Crippen LogP contribution is -2.36. The molecule has 1 atom stereocenters. The molecule has 0 saturated heterocycles. The molecule has 0 aromatic carbocycles. The van der Waals surface area contributed by atoms with Gasteiger partial charge < -0.3 is 0 Å². The third kappa shape index (κ3) is 4.54. The Bertz CT molecular complexity index is 457. The van der Waals surface area contributed by atoms with Gasteiger partial charge in [-0.25, -0.2) is 18.1 Å². The first kappa shape index (κ1) is 14.9. The minimum absolute atomic E-state index is 0.232. The number of thiazole rings is 1. The van der Waals surface area contributed by atoms with Crippen LogP contribution in [0.15, 0.2) is 10.4 Å². The van der Waals surface area contributed by atoms with E-state index in [2.05, 4.69) is 9.71 Å². The number of sulfonamides is 1. The average Bonchev–Trinajstić information content (AvgIpc) is 2.63. The van der Waals surface area contributed by atoms with E-state index in [1.54, 1.807) is 6.92 Å². The van der Waals surface area contributed by atoms with Crippen LogP contribution in [0.2, 0.25) is 0 Å². The molecule has 17 heavy (non-hydrogen) atoms. The highest BCUT2D eigenvalue weighted by molar-refractivity contribution is 7.91. The molecule has 1 heterocycles. The van der Waals surface area contributed by atoms with E-state index < -0.39 is 10.0 Å². The monoisotopic (exact) mass is 296 g/mol. The van der Waals surface area contributed by atoms with Crippen molar-refractivity contribution >= 4 is 33.0 Å². The Morgan fingerprint density at radius 2 is 2.18 bits per heavy atom. The summed E-state index contributed by atoms with van der Waals surface area (Å²) in [5.41, 5.74) is 0. The van der Waals surface area contributed by atoms with E-state index in [0.717, 1.165) is 22.8 Å². The molecular formula is C10H17ClN2O2S2. The van der Waals surface area contributed by atoms with Gasteiger partial charge in [-0.2, -0.15) is 0 Å². The molecule has 98 valence electrons. The number of hydrogen-bond acceptors (Lipinski definition) is 4. The van der Waals surface area contributed by atoms with Crippen molar-refractivity contribution in [2.24, 2.45) is 5.92 Å². The van der Waals surface area contributed by atoms with Gasteiger partial charge in [0.25, 0.3) is 10.0 Å². The fourth-order valence-corrected chi connectivity index (χ4v) is 4.12. The van der Waals surface area contributed by atoms with Crippen molar-refractivity contribution in [3.8, 4) is 0 Å². The second-order valence-corrected chi connectivity index (χ2v) is 7.78. The summed E-state index contributed by atoms with van der Waals surface area (Å²) in [6, 6.07) is -0.232. The van der Waals surface area contributed by atoms with Gasteiger partial charge in [-0.15, -0.1) is 22.9 Å². The molecule has 1 rings (SSSR count). The Balaban J connectivity index is 2.78. The molecule has 1 aromatic heterocycles. The van der Waals surface area contributed by atoms with Crippen LogP contribution in [0.25, 0.3) is 0 Å². The van der Waals surface area contributed by atoms with Crippen LogP contribution in [0.3, 0.4) is 0 Å². The molecule has 0 aliphatic heterocycles. The van der Waals surface area contributed by atoms with E-state index in [1.165, 1.54) is 6.20 Å². The van der Waals surface area contributed by atoms with Crippen LogP contribution < -0.4 is 4.72 Å². The van der Waals surface area contributed by atoms with Crippen molar-refractivity contribution in [1.29, 1.82) is 0 Å². The van der Waals surface area contributed by atoms with Gasteiger partial charge in [0.1, 0.15) is 0 Å². The number of halogens is 1. The molecule has 1 unspecified atom stereocenters. The van der Waals surface area contributed by atoms with Crippen LogP contribution >= 0.6 is 22.9 Å². The molecule has 4 nitrogen and oxygen atoms in total. The fraction of sp³-hybridized carbons (Fsp3) is 0.700. The first-order chi connectivity index (χ1) is 7.85. The second kappa shape index (κ2) is 6.13. The average molecular weight is 297 g/mol. The summed E-state index contributed by atoms with van der Waals surface area (Å²) in [5.74, 6) is 0.666. The lowest BCUT2D eigenvalue weighted by molar-refractivity contribution is 0.486. The zero-order chi connectivity index (χ0) is 13.1. The number of nitrogens with one attached hydrogen (secondary N) is 1. The van der Waals surface area contributed by atoms with Gasteiger partial charge in [-0.3, -0.25) is 0 Å².